The molecule has 0 fully saturated rings. The van der Waals surface area contributed by atoms with Crippen LogP contribution in [0.4, 0.5) is 0 Å². The van der Waals surface area contributed by atoms with Crippen molar-refractivity contribution in [1.82, 2.24) is 5.32 Å². The fourth-order valence-electron chi connectivity index (χ4n) is 1.88. The first-order valence-electron chi connectivity index (χ1n) is 5.90. The topological polar surface area (TPSA) is 21.3 Å². The van der Waals surface area contributed by atoms with Gasteiger partial charge in [0.15, 0.2) is 0 Å². The summed E-state index contributed by atoms with van der Waals surface area (Å²) in [6.45, 7) is 6.77. The maximum atomic E-state index is 6.05. The van der Waals surface area contributed by atoms with Gasteiger partial charge in [-0.1, -0.05) is 24.6 Å². The summed E-state index contributed by atoms with van der Waals surface area (Å²) in [5, 5.41) is 4.19. The SMILES string of the molecule is C=CCCC(NCC)c1cc(Cl)ccc1OC. The second-order valence-electron chi connectivity index (χ2n) is 3.86. The third-order valence-corrected chi connectivity index (χ3v) is 2.91. The smallest absolute Gasteiger partial charge is 0.123 e. The van der Waals surface area contributed by atoms with Gasteiger partial charge in [-0.25, -0.2) is 0 Å². The molecule has 17 heavy (non-hydrogen) atoms. The highest BCUT2D eigenvalue weighted by Gasteiger charge is 2.14. The molecule has 1 rings (SSSR count). The molecule has 1 unspecified atom stereocenters. The molecule has 0 radical (unpaired) electrons. The largest absolute Gasteiger partial charge is 0.496 e. The van der Waals surface area contributed by atoms with Crippen LogP contribution in [0.1, 0.15) is 31.4 Å². The Labute approximate surface area is 109 Å². The number of methoxy groups -OCH3 is 1. The Morgan fingerprint density at radius 1 is 1.53 bits per heavy atom. The van der Waals surface area contributed by atoms with Crippen molar-refractivity contribution in [2.24, 2.45) is 0 Å². The van der Waals surface area contributed by atoms with Gasteiger partial charge < -0.3 is 10.1 Å². The van der Waals surface area contributed by atoms with Crippen LogP contribution in [0.3, 0.4) is 0 Å². The monoisotopic (exact) mass is 253 g/mol. The van der Waals surface area contributed by atoms with Crippen LogP contribution in [-0.2, 0) is 0 Å². The van der Waals surface area contributed by atoms with Gasteiger partial charge in [-0.05, 0) is 37.6 Å². The third kappa shape index (κ3) is 4.06. The number of hydrogen-bond acceptors (Lipinski definition) is 2. The van der Waals surface area contributed by atoms with E-state index in [1.807, 2.05) is 24.3 Å². The van der Waals surface area contributed by atoms with E-state index in [-0.39, 0.29) is 6.04 Å². The van der Waals surface area contributed by atoms with Crippen molar-refractivity contribution in [2.45, 2.75) is 25.8 Å². The molecule has 0 saturated heterocycles. The zero-order valence-corrected chi connectivity index (χ0v) is 11.3. The normalized spacial score (nSPS) is 12.2. The summed E-state index contributed by atoms with van der Waals surface area (Å²) in [6.07, 6.45) is 3.89. The van der Waals surface area contributed by atoms with Crippen molar-refractivity contribution < 1.29 is 4.74 Å². The Kier molecular flexibility index (Phi) is 6.09. The van der Waals surface area contributed by atoms with Gasteiger partial charge in [0.1, 0.15) is 5.75 Å². The molecule has 0 saturated carbocycles. The van der Waals surface area contributed by atoms with Crippen LogP contribution < -0.4 is 10.1 Å². The number of ether oxygens (including phenoxy) is 1. The molecule has 1 aromatic rings. The lowest BCUT2D eigenvalue weighted by Crippen LogP contribution is -2.21. The van der Waals surface area contributed by atoms with Crippen LogP contribution in [0.5, 0.6) is 5.75 Å². The highest BCUT2D eigenvalue weighted by Crippen LogP contribution is 2.30. The summed E-state index contributed by atoms with van der Waals surface area (Å²) < 4.78 is 5.38. The van der Waals surface area contributed by atoms with Gasteiger partial charge >= 0.3 is 0 Å². The number of hydrogen-bond donors (Lipinski definition) is 1. The lowest BCUT2D eigenvalue weighted by molar-refractivity contribution is 0.396. The molecule has 94 valence electrons. The molecule has 0 aliphatic heterocycles. The highest BCUT2D eigenvalue weighted by molar-refractivity contribution is 6.30. The van der Waals surface area contributed by atoms with E-state index >= 15 is 0 Å². The Bertz CT molecular complexity index is 365. The number of rotatable bonds is 7. The van der Waals surface area contributed by atoms with E-state index in [0.717, 1.165) is 35.7 Å². The molecule has 1 atom stereocenters. The fourth-order valence-corrected chi connectivity index (χ4v) is 2.06. The van der Waals surface area contributed by atoms with Crippen molar-refractivity contribution in [2.75, 3.05) is 13.7 Å². The lowest BCUT2D eigenvalue weighted by atomic mass is 10.0. The fraction of sp³-hybridized carbons (Fsp3) is 0.429. The van der Waals surface area contributed by atoms with Gasteiger partial charge in [0.05, 0.1) is 7.11 Å². The Morgan fingerprint density at radius 2 is 2.29 bits per heavy atom. The molecule has 0 aliphatic rings. The molecule has 0 aliphatic carbocycles. The minimum atomic E-state index is 0.256. The van der Waals surface area contributed by atoms with Crippen molar-refractivity contribution in [3.8, 4) is 5.75 Å². The van der Waals surface area contributed by atoms with Crippen LogP contribution in [0, 0.1) is 0 Å². The number of benzene rings is 1. The van der Waals surface area contributed by atoms with E-state index in [4.69, 9.17) is 16.3 Å². The first kappa shape index (κ1) is 14.1. The zero-order valence-electron chi connectivity index (χ0n) is 10.5. The predicted molar refractivity (Wildman–Crippen MR) is 73.9 cm³/mol. The average molecular weight is 254 g/mol. The number of nitrogens with one attached hydrogen (secondary N) is 1. The molecule has 0 spiro atoms. The van der Waals surface area contributed by atoms with E-state index in [0.29, 0.717) is 0 Å². The molecular weight excluding hydrogens is 234 g/mol. The Hall–Kier alpha value is -0.990. The van der Waals surface area contributed by atoms with Crippen molar-refractivity contribution >= 4 is 11.6 Å². The van der Waals surface area contributed by atoms with E-state index in [1.165, 1.54) is 0 Å². The molecule has 0 heterocycles. The van der Waals surface area contributed by atoms with Gasteiger partial charge in [-0.3, -0.25) is 0 Å². The van der Waals surface area contributed by atoms with Gasteiger partial charge in [0, 0.05) is 16.6 Å². The van der Waals surface area contributed by atoms with Gasteiger partial charge in [-0.2, -0.15) is 0 Å². The van der Waals surface area contributed by atoms with Crippen LogP contribution in [-0.4, -0.2) is 13.7 Å². The zero-order chi connectivity index (χ0) is 12.7. The van der Waals surface area contributed by atoms with Crippen LogP contribution in [0.25, 0.3) is 0 Å². The average Bonchev–Trinajstić information content (AvgIpc) is 2.34. The molecule has 1 N–H and O–H groups in total. The van der Waals surface area contributed by atoms with Gasteiger partial charge in [0.25, 0.3) is 0 Å². The van der Waals surface area contributed by atoms with E-state index < -0.39 is 0 Å². The highest BCUT2D eigenvalue weighted by atomic mass is 35.5. The number of allylic oxidation sites excluding steroid dienone is 1. The standard InChI is InChI=1S/C14H20ClNO/c1-4-6-7-13(16-5-2)12-10-11(15)8-9-14(12)17-3/h4,8-10,13,16H,1,5-7H2,2-3H3. The minimum Gasteiger partial charge on any atom is -0.496 e. The van der Waals surface area contributed by atoms with E-state index in [2.05, 4.69) is 18.8 Å². The number of halogens is 1. The molecule has 0 amide bonds. The molecule has 0 aromatic heterocycles. The van der Waals surface area contributed by atoms with Gasteiger partial charge in [-0.15, -0.1) is 6.58 Å². The first-order chi connectivity index (χ1) is 8.22. The minimum absolute atomic E-state index is 0.256. The van der Waals surface area contributed by atoms with Crippen LogP contribution in [0.2, 0.25) is 5.02 Å². The lowest BCUT2D eigenvalue weighted by Gasteiger charge is -2.20. The summed E-state index contributed by atoms with van der Waals surface area (Å²) in [4.78, 5) is 0. The van der Waals surface area contributed by atoms with Crippen LogP contribution >= 0.6 is 11.6 Å². The maximum absolute atomic E-state index is 6.05. The predicted octanol–water partition coefficient (Wildman–Crippen LogP) is 3.97. The molecule has 0 bridgehead atoms. The molecular formula is C14H20ClNO. The maximum Gasteiger partial charge on any atom is 0.123 e. The quantitative estimate of drug-likeness (QED) is 0.743. The summed E-state index contributed by atoms with van der Waals surface area (Å²) in [6, 6.07) is 5.99. The van der Waals surface area contributed by atoms with E-state index in [9.17, 15) is 0 Å². The summed E-state index contributed by atoms with van der Waals surface area (Å²) in [7, 11) is 1.68. The van der Waals surface area contributed by atoms with Crippen molar-refractivity contribution in [3.05, 3.63) is 41.4 Å². The summed E-state index contributed by atoms with van der Waals surface area (Å²) in [5.74, 6) is 0.879. The third-order valence-electron chi connectivity index (χ3n) is 2.68. The molecule has 2 nitrogen and oxygen atoms in total. The van der Waals surface area contributed by atoms with Crippen molar-refractivity contribution in [1.29, 1.82) is 0 Å². The summed E-state index contributed by atoms with van der Waals surface area (Å²) in [5.41, 5.74) is 1.11. The second kappa shape index (κ2) is 7.36. The van der Waals surface area contributed by atoms with E-state index in [1.54, 1.807) is 7.11 Å². The van der Waals surface area contributed by atoms with Crippen molar-refractivity contribution in [3.63, 3.8) is 0 Å². The Balaban J connectivity index is 2.97. The molecule has 3 heteroatoms. The van der Waals surface area contributed by atoms with Gasteiger partial charge in [0.2, 0.25) is 0 Å². The first-order valence-corrected chi connectivity index (χ1v) is 6.28. The summed E-state index contributed by atoms with van der Waals surface area (Å²) >= 11 is 6.05. The Morgan fingerprint density at radius 3 is 2.88 bits per heavy atom. The van der Waals surface area contributed by atoms with Crippen LogP contribution in [0.15, 0.2) is 30.9 Å². The molecule has 1 aromatic carbocycles. The second-order valence-corrected chi connectivity index (χ2v) is 4.30.